The van der Waals surface area contributed by atoms with Crippen LogP contribution in [0.5, 0.6) is 0 Å². The number of alkyl halides is 3. The molecule has 8 heteroatoms. The predicted octanol–water partition coefficient (Wildman–Crippen LogP) is 2.10. The van der Waals surface area contributed by atoms with Gasteiger partial charge in [-0.3, -0.25) is 4.79 Å². The summed E-state index contributed by atoms with van der Waals surface area (Å²) in [6.45, 7) is 1.42. The summed E-state index contributed by atoms with van der Waals surface area (Å²) in [6.07, 6.45) is -4.41. The van der Waals surface area contributed by atoms with Gasteiger partial charge in [-0.15, -0.1) is 0 Å². The number of nitrogens with one attached hydrogen (secondary N) is 1. The van der Waals surface area contributed by atoms with E-state index in [9.17, 15) is 18.0 Å². The van der Waals surface area contributed by atoms with Gasteiger partial charge in [0.15, 0.2) is 5.96 Å². The van der Waals surface area contributed by atoms with Gasteiger partial charge in [-0.05, 0) is 12.5 Å². The van der Waals surface area contributed by atoms with Crippen LogP contribution in [0.1, 0.15) is 12.5 Å². The molecular formula is C16H23F3N4O. The number of benzene rings is 1. The maximum absolute atomic E-state index is 12.3. The highest BCUT2D eigenvalue weighted by atomic mass is 19.4. The Morgan fingerprint density at radius 2 is 1.79 bits per heavy atom. The average Bonchev–Trinajstić information content (AvgIpc) is 2.50. The third-order valence-corrected chi connectivity index (χ3v) is 3.17. The lowest BCUT2D eigenvalue weighted by atomic mass is 10.2. The summed E-state index contributed by atoms with van der Waals surface area (Å²) in [7, 11) is 2.92. The molecule has 0 aliphatic carbocycles. The number of guanidine groups is 1. The van der Waals surface area contributed by atoms with E-state index in [4.69, 9.17) is 0 Å². The molecule has 5 nitrogen and oxygen atoms in total. The minimum atomic E-state index is -4.41. The molecule has 134 valence electrons. The highest BCUT2D eigenvalue weighted by Gasteiger charge is 2.31. The summed E-state index contributed by atoms with van der Waals surface area (Å²) >= 11 is 0. The number of amides is 1. The molecule has 0 spiro atoms. The molecule has 0 saturated heterocycles. The van der Waals surface area contributed by atoms with Gasteiger partial charge in [0.25, 0.3) is 0 Å². The fourth-order valence-electron chi connectivity index (χ4n) is 2.02. The van der Waals surface area contributed by atoms with Crippen LogP contribution in [-0.4, -0.2) is 61.6 Å². The molecule has 1 aromatic rings. The second kappa shape index (κ2) is 9.14. The summed E-state index contributed by atoms with van der Waals surface area (Å²) in [6, 6.07) is 9.67. The van der Waals surface area contributed by atoms with Crippen molar-refractivity contribution in [1.29, 1.82) is 0 Å². The Morgan fingerprint density at radius 3 is 2.33 bits per heavy atom. The maximum atomic E-state index is 12.3. The van der Waals surface area contributed by atoms with Gasteiger partial charge in [0.1, 0.15) is 13.1 Å². The molecule has 0 radical (unpaired) electrons. The van der Waals surface area contributed by atoms with Crippen LogP contribution < -0.4 is 5.32 Å². The van der Waals surface area contributed by atoms with Crippen LogP contribution in [0.3, 0.4) is 0 Å². The molecule has 1 amide bonds. The van der Waals surface area contributed by atoms with Crippen molar-refractivity contribution < 1.29 is 18.0 Å². The average molecular weight is 344 g/mol. The Morgan fingerprint density at radius 1 is 1.17 bits per heavy atom. The number of carbonyl (C=O) groups is 1. The Labute approximate surface area is 140 Å². The third-order valence-electron chi connectivity index (χ3n) is 3.17. The highest BCUT2D eigenvalue weighted by molar-refractivity contribution is 5.84. The van der Waals surface area contributed by atoms with Crippen molar-refractivity contribution in [3.63, 3.8) is 0 Å². The third kappa shape index (κ3) is 7.34. The quantitative estimate of drug-likeness (QED) is 0.635. The molecule has 0 bridgehead atoms. The van der Waals surface area contributed by atoms with Crippen molar-refractivity contribution in [1.82, 2.24) is 15.1 Å². The first-order chi connectivity index (χ1) is 11.2. The van der Waals surface area contributed by atoms with Crippen molar-refractivity contribution in [3.8, 4) is 0 Å². The lowest BCUT2D eigenvalue weighted by Crippen LogP contribution is -2.41. The molecule has 0 saturated carbocycles. The van der Waals surface area contributed by atoms with Crippen molar-refractivity contribution in [2.45, 2.75) is 19.6 Å². The Bertz CT molecular complexity index is 546. The number of hydrogen-bond donors (Lipinski definition) is 1. The second-order valence-electron chi connectivity index (χ2n) is 5.38. The zero-order chi connectivity index (χ0) is 18.2. The Balaban J connectivity index is 2.69. The highest BCUT2D eigenvalue weighted by Crippen LogP contribution is 2.15. The van der Waals surface area contributed by atoms with Gasteiger partial charge in [0.2, 0.25) is 5.91 Å². The maximum Gasteiger partial charge on any atom is 0.406 e. The van der Waals surface area contributed by atoms with Crippen LogP contribution in [0.15, 0.2) is 35.3 Å². The molecule has 0 aromatic heterocycles. The molecule has 0 heterocycles. The van der Waals surface area contributed by atoms with E-state index in [1.807, 2.05) is 42.2 Å². The number of likely N-dealkylation sites (N-methyl/N-ethyl adjacent to an activating group) is 1. The molecule has 1 N–H and O–H groups in total. The number of aliphatic imine (C=N–C) groups is 1. The number of hydrogen-bond acceptors (Lipinski definition) is 2. The first kappa shape index (κ1) is 19.8. The number of rotatable bonds is 6. The van der Waals surface area contributed by atoms with Crippen molar-refractivity contribution in [3.05, 3.63) is 35.9 Å². The van der Waals surface area contributed by atoms with E-state index >= 15 is 0 Å². The fraction of sp³-hybridized carbons (Fsp3) is 0.500. The van der Waals surface area contributed by atoms with E-state index in [1.165, 1.54) is 0 Å². The van der Waals surface area contributed by atoms with E-state index in [0.717, 1.165) is 12.6 Å². The predicted molar refractivity (Wildman–Crippen MR) is 87.6 cm³/mol. The smallest absolute Gasteiger partial charge is 0.357 e. The van der Waals surface area contributed by atoms with E-state index in [1.54, 1.807) is 7.05 Å². The topological polar surface area (TPSA) is 47.9 Å². The van der Waals surface area contributed by atoms with Crippen LogP contribution >= 0.6 is 0 Å². The molecular weight excluding hydrogens is 321 g/mol. The molecule has 0 unspecified atom stereocenters. The fourth-order valence-corrected chi connectivity index (χ4v) is 2.02. The summed E-state index contributed by atoms with van der Waals surface area (Å²) in [5.41, 5.74) is 1.06. The van der Waals surface area contributed by atoms with Gasteiger partial charge in [0, 0.05) is 27.2 Å². The lowest BCUT2D eigenvalue weighted by molar-refractivity contribution is -0.157. The van der Waals surface area contributed by atoms with E-state index in [-0.39, 0.29) is 6.54 Å². The van der Waals surface area contributed by atoms with E-state index in [0.29, 0.717) is 23.9 Å². The van der Waals surface area contributed by atoms with Gasteiger partial charge in [-0.25, -0.2) is 4.99 Å². The second-order valence-corrected chi connectivity index (χ2v) is 5.38. The number of halogens is 3. The van der Waals surface area contributed by atoms with Crippen LogP contribution in [0, 0.1) is 0 Å². The van der Waals surface area contributed by atoms with Gasteiger partial charge < -0.3 is 15.1 Å². The van der Waals surface area contributed by atoms with Crippen molar-refractivity contribution in [2.75, 3.05) is 33.7 Å². The van der Waals surface area contributed by atoms with E-state index < -0.39 is 18.6 Å². The molecule has 0 aliphatic heterocycles. The SMILES string of the molecule is CCNC(=NCC(=O)N(C)CC(F)(F)F)N(C)Cc1ccccc1. The lowest BCUT2D eigenvalue weighted by Gasteiger charge is -2.23. The zero-order valence-electron chi connectivity index (χ0n) is 14.1. The number of carbonyl (C=O) groups excluding carboxylic acids is 1. The van der Waals surface area contributed by atoms with Gasteiger partial charge >= 0.3 is 6.18 Å². The molecule has 0 fully saturated rings. The summed E-state index contributed by atoms with van der Waals surface area (Å²) in [4.78, 5) is 18.4. The minimum absolute atomic E-state index is 0.339. The summed E-state index contributed by atoms with van der Waals surface area (Å²) in [5, 5.41) is 3.03. The van der Waals surface area contributed by atoms with Crippen molar-refractivity contribution in [2.24, 2.45) is 4.99 Å². The first-order valence-electron chi connectivity index (χ1n) is 7.57. The Hall–Kier alpha value is -2.25. The normalized spacial score (nSPS) is 12.0. The Kier molecular flexibility index (Phi) is 7.54. The van der Waals surface area contributed by atoms with Gasteiger partial charge in [-0.2, -0.15) is 13.2 Å². The monoisotopic (exact) mass is 344 g/mol. The van der Waals surface area contributed by atoms with Gasteiger partial charge in [0.05, 0.1) is 0 Å². The molecule has 0 aliphatic rings. The molecule has 1 rings (SSSR count). The minimum Gasteiger partial charge on any atom is -0.357 e. The summed E-state index contributed by atoms with van der Waals surface area (Å²) in [5.74, 6) is -0.217. The van der Waals surface area contributed by atoms with Crippen LogP contribution in [-0.2, 0) is 11.3 Å². The summed E-state index contributed by atoms with van der Waals surface area (Å²) < 4.78 is 36.9. The first-order valence-corrected chi connectivity index (χ1v) is 7.57. The zero-order valence-corrected chi connectivity index (χ0v) is 14.1. The van der Waals surface area contributed by atoms with Gasteiger partial charge in [-0.1, -0.05) is 30.3 Å². The van der Waals surface area contributed by atoms with Crippen molar-refractivity contribution >= 4 is 11.9 Å². The largest absolute Gasteiger partial charge is 0.406 e. The standard InChI is InChI=1S/C16H23F3N4O/c1-4-20-15(22(2)11-13-8-6-5-7-9-13)21-10-14(24)23(3)12-16(17,18)19/h5-9H,4,10-12H2,1-3H3,(H,20,21). The van der Waals surface area contributed by atoms with E-state index in [2.05, 4.69) is 10.3 Å². The van der Waals surface area contributed by atoms with Crippen LogP contribution in [0.25, 0.3) is 0 Å². The number of nitrogens with zero attached hydrogens (tertiary/aromatic N) is 3. The molecule has 24 heavy (non-hydrogen) atoms. The molecule has 0 atom stereocenters. The molecule has 1 aromatic carbocycles. The van der Waals surface area contributed by atoms with Crippen LogP contribution in [0.2, 0.25) is 0 Å². The van der Waals surface area contributed by atoms with Crippen LogP contribution in [0.4, 0.5) is 13.2 Å².